The van der Waals surface area contributed by atoms with Crippen molar-refractivity contribution in [2.24, 2.45) is 4.99 Å². The highest BCUT2D eigenvalue weighted by molar-refractivity contribution is 7.90. The number of thiazole rings is 1. The number of hydrogen-bond donors (Lipinski definition) is 0. The lowest BCUT2D eigenvalue weighted by Gasteiger charge is -2.06. The second-order valence-electron chi connectivity index (χ2n) is 6.33. The Bertz CT molecular complexity index is 1290. The first-order chi connectivity index (χ1) is 14.2. The van der Waals surface area contributed by atoms with Crippen LogP contribution in [0.4, 0.5) is 5.69 Å². The van der Waals surface area contributed by atoms with Crippen LogP contribution >= 0.6 is 11.3 Å². The van der Waals surface area contributed by atoms with Gasteiger partial charge in [0.25, 0.3) is 11.6 Å². The summed E-state index contributed by atoms with van der Waals surface area (Å²) in [6.45, 7) is 3.12. The van der Waals surface area contributed by atoms with Gasteiger partial charge in [-0.1, -0.05) is 23.5 Å². The summed E-state index contributed by atoms with van der Waals surface area (Å²) in [6, 6.07) is 10.3. The summed E-state index contributed by atoms with van der Waals surface area (Å²) in [6.07, 6.45) is 1.12. The predicted molar refractivity (Wildman–Crippen MR) is 112 cm³/mol. The summed E-state index contributed by atoms with van der Waals surface area (Å²) in [4.78, 5) is 27.9. The zero-order valence-corrected chi connectivity index (χ0v) is 17.9. The number of para-hydroxylation sites is 1. The molecular formula is C19H19N3O6S2. The van der Waals surface area contributed by atoms with E-state index in [-0.39, 0.29) is 16.1 Å². The van der Waals surface area contributed by atoms with Crippen molar-refractivity contribution >= 4 is 43.0 Å². The number of sulfone groups is 1. The van der Waals surface area contributed by atoms with Crippen LogP contribution in [-0.2, 0) is 21.1 Å². The van der Waals surface area contributed by atoms with E-state index in [2.05, 4.69) is 4.99 Å². The summed E-state index contributed by atoms with van der Waals surface area (Å²) in [5, 5.41) is 11.2. The monoisotopic (exact) mass is 449 g/mol. The van der Waals surface area contributed by atoms with Gasteiger partial charge in [-0.15, -0.1) is 0 Å². The van der Waals surface area contributed by atoms with Crippen molar-refractivity contribution < 1.29 is 22.9 Å². The lowest BCUT2D eigenvalue weighted by atomic mass is 10.2. The van der Waals surface area contributed by atoms with Gasteiger partial charge in [0.2, 0.25) is 0 Å². The number of amides is 1. The van der Waals surface area contributed by atoms with Crippen molar-refractivity contribution in [1.29, 1.82) is 0 Å². The Morgan fingerprint density at radius 2 is 2.00 bits per heavy atom. The van der Waals surface area contributed by atoms with Crippen molar-refractivity contribution in [2.45, 2.75) is 18.4 Å². The second kappa shape index (κ2) is 8.86. The quantitative estimate of drug-likeness (QED) is 0.311. The number of nitro benzene ring substituents is 1. The van der Waals surface area contributed by atoms with Gasteiger partial charge in [-0.05, 0) is 31.2 Å². The van der Waals surface area contributed by atoms with Gasteiger partial charge < -0.3 is 9.30 Å². The average molecular weight is 450 g/mol. The lowest BCUT2D eigenvalue weighted by Crippen LogP contribution is -2.20. The van der Waals surface area contributed by atoms with Gasteiger partial charge in [-0.25, -0.2) is 8.42 Å². The van der Waals surface area contributed by atoms with Gasteiger partial charge in [0.05, 0.1) is 26.6 Å². The van der Waals surface area contributed by atoms with Crippen molar-refractivity contribution in [3.63, 3.8) is 0 Å². The Kier molecular flexibility index (Phi) is 6.44. The standard InChI is InChI=1S/C19H19N3O6S2/c1-3-28-11-10-21-16-9-8-13(30(2,26)27)12-17(16)29-19(21)20-18(23)14-6-4-5-7-15(14)22(24)25/h4-9,12H,3,10-11H2,1-2H3. The molecule has 1 amide bonds. The second-order valence-corrected chi connectivity index (χ2v) is 9.35. The molecule has 0 spiro atoms. The molecule has 0 unspecified atom stereocenters. The number of fused-ring (bicyclic) bond motifs is 1. The molecular weight excluding hydrogens is 430 g/mol. The Morgan fingerprint density at radius 3 is 2.67 bits per heavy atom. The fraction of sp³-hybridized carbons (Fsp3) is 0.263. The van der Waals surface area contributed by atoms with Crippen molar-refractivity contribution in [3.05, 3.63) is 62.9 Å². The maximum Gasteiger partial charge on any atom is 0.286 e. The van der Waals surface area contributed by atoms with E-state index in [1.807, 2.05) is 6.92 Å². The van der Waals surface area contributed by atoms with Crippen LogP contribution in [0.25, 0.3) is 10.2 Å². The molecule has 0 radical (unpaired) electrons. The number of rotatable bonds is 7. The molecule has 3 rings (SSSR count). The van der Waals surface area contributed by atoms with E-state index in [1.54, 1.807) is 10.6 Å². The zero-order valence-electron chi connectivity index (χ0n) is 16.3. The largest absolute Gasteiger partial charge is 0.380 e. The number of carbonyl (C=O) groups excluding carboxylic acids is 1. The first kappa shape index (κ1) is 21.8. The maximum atomic E-state index is 12.7. The average Bonchev–Trinajstić information content (AvgIpc) is 3.04. The Labute approximate surface area is 176 Å². The zero-order chi connectivity index (χ0) is 21.9. The van der Waals surface area contributed by atoms with E-state index in [0.29, 0.717) is 34.8 Å². The SMILES string of the molecule is CCOCCn1c(=NC(=O)c2ccccc2[N+](=O)[O-])sc2cc(S(C)(=O)=O)ccc21. The highest BCUT2D eigenvalue weighted by atomic mass is 32.2. The van der Waals surface area contributed by atoms with E-state index in [1.165, 1.54) is 36.4 Å². The van der Waals surface area contributed by atoms with Gasteiger partial charge in [0.15, 0.2) is 14.6 Å². The van der Waals surface area contributed by atoms with Crippen LogP contribution in [0.2, 0.25) is 0 Å². The van der Waals surface area contributed by atoms with Crippen molar-refractivity contribution in [3.8, 4) is 0 Å². The van der Waals surface area contributed by atoms with Crippen molar-refractivity contribution in [1.82, 2.24) is 4.57 Å². The van der Waals surface area contributed by atoms with Gasteiger partial charge in [0, 0.05) is 25.5 Å². The third kappa shape index (κ3) is 4.64. The van der Waals surface area contributed by atoms with Gasteiger partial charge >= 0.3 is 0 Å². The number of nitrogens with zero attached hydrogens (tertiary/aromatic N) is 3. The minimum atomic E-state index is -3.40. The number of aromatic nitrogens is 1. The number of ether oxygens (including phenoxy) is 1. The molecule has 9 nitrogen and oxygen atoms in total. The molecule has 0 aliphatic heterocycles. The number of hydrogen-bond acceptors (Lipinski definition) is 7. The topological polar surface area (TPSA) is 121 Å². The van der Waals surface area contributed by atoms with E-state index < -0.39 is 20.7 Å². The minimum Gasteiger partial charge on any atom is -0.380 e. The number of benzene rings is 2. The highest BCUT2D eigenvalue weighted by Gasteiger charge is 2.19. The van der Waals surface area contributed by atoms with E-state index >= 15 is 0 Å². The number of nitro groups is 1. The van der Waals surface area contributed by atoms with E-state index in [4.69, 9.17) is 4.74 Å². The van der Waals surface area contributed by atoms with Gasteiger partial charge in [0.1, 0.15) is 5.56 Å². The van der Waals surface area contributed by atoms with Crippen LogP contribution in [-0.4, -0.2) is 43.3 Å². The van der Waals surface area contributed by atoms with Crippen LogP contribution in [0.1, 0.15) is 17.3 Å². The fourth-order valence-corrected chi connectivity index (χ4v) is 4.66. The highest BCUT2D eigenvalue weighted by Crippen LogP contribution is 2.23. The molecule has 0 saturated carbocycles. The maximum absolute atomic E-state index is 12.7. The molecule has 0 atom stereocenters. The molecule has 0 bridgehead atoms. The molecule has 3 aromatic rings. The molecule has 0 saturated heterocycles. The lowest BCUT2D eigenvalue weighted by molar-refractivity contribution is -0.385. The van der Waals surface area contributed by atoms with Crippen LogP contribution in [0.15, 0.2) is 52.4 Å². The van der Waals surface area contributed by atoms with Crippen molar-refractivity contribution in [2.75, 3.05) is 19.5 Å². The molecule has 30 heavy (non-hydrogen) atoms. The molecule has 0 N–H and O–H groups in total. The summed E-state index contributed by atoms with van der Waals surface area (Å²) in [7, 11) is -3.40. The number of carbonyl (C=O) groups is 1. The minimum absolute atomic E-state index is 0.117. The van der Waals surface area contributed by atoms with Crippen LogP contribution < -0.4 is 4.80 Å². The smallest absolute Gasteiger partial charge is 0.286 e. The summed E-state index contributed by atoms with van der Waals surface area (Å²) in [5.41, 5.74) is 0.252. The van der Waals surface area contributed by atoms with E-state index in [9.17, 15) is 23.3 Å². The third-order valence-electron chi connectivity index (χ3n) is 4.27. The van der Waals surface area contributed by atoms with Crippen LogP contribution in [0, 0.1) is 10.1 Å². The molecule has 11 heteroatoms. The Morgan fingerprint density at radius 1 is 1.27 bits per heavy atom. The molecule has 2 aromatic carbocycles. The normalized spacial score (nSPS) is 12.4. The van der Waals surface area contributed by atoms with Gasteiger partial charge in [-0.3, -0.25) is 14.9 Å². The van der Waals surface area contributed by atoms with Crippen LogP contribution in [0.3, 0.4) is 0 Å². The molecule has 0 aliphatic rings. The fourth-order valence-electron chi connectivity index (χ4n) is 2.85. The first-order valence-electron chi connectivity index (χ1n) is 8.96. The van der Waals surface area contributed by atoms with Gasteiger partial charge in [-0.2, -0.15) is 4.99 Å². The molecule has 1 heterocycles. The summed E-state index contributed by atoms with van der Waals surface area (Å²) in [5.74, 6) is -0.748. The third-order valence-corrected chi connectivity index (χ3v) is 6.43. The Hall–Kier alpha value is -2.89. The van der Waals surface area contributed by atoms with Crippen LogP contribution in [0.5, 0.6) is 0 Å². The Balaban J connectivity index is 2.16. The first-order valence-corrected chi connectivity index (χ1v) is 11.7. The van der Waals surface area contributed by atoms with E-state index in [0.717, 1.165) is 17.6 Å². The summed E-state index contributed by atoms with van der Waals surface area (Å²) >= 11 is 1.14. The molecule has 1 aromatic heterocycles. The molecule has 0 aliphatic carbocycles. The molecule has 0 fully saturated rings. The summed E-state index contributed by atoms with van der Waals surface area (Å²) < 4.78 is 31.5. The molecule has 158 valence electrons. The predicted octanol–water partition coefficient (Wildman–Crippen LogP) is 2.79.